The van der Waals surface area contributed by atoms with Gasteiger partial charge in [-0.05, 0) is 36.2 Å². The number of aliphatic hydroxyl groups excluding tert-OH is 1. The van der Waals surface area contributed by atoms with E-state index in [-0.39, 0.29) is 31.6 Å². The lowest BCUT2D eigenvalue weighted by Gasteiger charge is -2.29. The van der Waals surface area contributed by atoms with Crippen molar-refractivity contribution in [1.82, 2.24) is 10.3 Å². The fraction of sp³-hybridized carbons (Fsp3) is 0.278. The zero-order chi connectivity index (χ0) is 17.6. The van der Waals surface area contributed by atoms with Gasteiger partial charge >= 0.3 is 0 Å². The summed E-state index contributed by atoms with van der Waals surface area (Å²) in [6.45, 7) is -0.404. The summed E-state index contributed by atoms with van der Waals surface area (Å²) >= 11 is 0. The van der Waals surface area contributed by atoms with Gasteiger partial charge in [-0.3, -0.25) is 19.5 Å². The number of benzene rings is 1. The van der Waals surface area contributed by atoms with Crippen molar-refractivity contribution in [2.45, 2.75) is 12.5 Å². The zero-order valence-corrected chi connectivity index (χ0v) is 13.6. The van der Waals surface area contributed by atoms with Gasteiger partial charge in [0.25, 0.3) is 5.91 Å². The number of nitrogens with zero attached hydrogens (tertiary/aromatic N) is 2. The Bertz CT molecular complexity index is 751. The zero-order valence-electron chi connectivity index (χ0n) is 13.6. The first-order chi connectivity index (χ1) is 12.2. The summed E-state index contributed by atoms with van der Waals surface area (Å²) in [5, 5.41) is 12.3. The van der Waals surface area contributed by atoms with Crippen molar-refractivity contribution in [1.29, 1.82) is 0 Å². The van der Waals surface area contributed by atoms with E-state index in [0.29, 0.717) is 17.9 Å². The molecule has 0 saturated carbocycles. The van der Waals surface area contributed by atoms with E-state index in [1.165, 1.54) is 4.90 Å². The Morgan fingerprint density at radius 1 is 1.28 bits per heavy atom. The van der Waals surface area contributed by atoms with E-state index in [2.05, 4.69) is 10.3 Å². The number of anilines is 1. The van der Waals surface area contributed by atoms with Crippen LogP contribution in [0.5, 0.6) is 5.75 Å². The highest BCUT2D eigenvalue weighted by atomic mass is 16.5. The minimum Gasteiger partial charge on any atom is -0.482 e. The van der Waals surface area contributed by atoms with Crippen LogP contribution in [0.2, 0.25) is 0 Å². The Hall–Kier alpha value is -2.93. The lowest BCUT2D eigenvalue weighted by atomic mass is 10.1. The molecule has 0 aliphatic carbocycles. The van der Waals surface area contributed by atoms with E-state index in [4.69, 9.17) is 4.74 Å². The Labute approximate surface area is 145 Å². The van der Waals surface area contributed by atoms with Crippen LogP contribution in [-0.2, 0) is 16.0 Å². The molecule has 0 saturated heterocycles. The second-order valence-corrected chi connectivity index (χ2v) is 5.74. The molecule has 130 valence electrons. The van der Waals surface area contributed by atoms with Crippen molar-refractivity contribution in [2.75, 3.05) is 24.7 Å². The lowest BCUT2D eigenvalue weighted by molar-refractivity contribution is -0.125. The average Bonchev–Trinajstić information content (AvgIpc) is 2.64. The van der Waals surface area contributed by atoms with Crippen LogP contribution in [0.15, 0.2) is 48.8 Å². The van der Waals surface area contributed by atoms with Crippen molar-refractivity contribution in [3.63, 3.8) is 0 Å². The number of fused-ring (bicyclic) bond motifs is 1. The van der Waals surface area contributed by atoms with Gasteiger partial charge in [-0.15, -0.1) is 0 Å². The molecular formula is C18H19N3O4. The van der Waals surface area contributed by atoms with E-state index in [1.54, 1.807) is 30.6 Å². The molecule has 3 rings (SSSR count). The van der Waals surface area contributed by atoms with Gasteiger partial charge in [0.05, 0.1) is 18.3 Å². The smallest absolute Gasteiger partial charge is 0.265 e. The fourth-order valence-corrected chi connectivity index (χ4v) is 2.71. The van der Waals surface area contributed by atoms with Crippen molar-refractivity contribution >= 4 is 17.5 Å². The largest absolute Gasteiger partial charge is 0.482 e. The van der Waals surface area contributed by atoms with Gasteiger partial charge in [0.2, 0.25) is 5.91 Å². The molecule has 7 nitrogen and oxygen atoms in total. The highest BCUT2D eigenvalue weighted by Gasteiger charge is 2.27. The molecule has 1 aromatic heterocycles. The van der Waals surface area contributed by atoms with Gasteiger partial charge in [0.15, 0.2) is 6.61 Å². The SMILES string of the molecule is O=C(CN1C(=O)COc2ccccc21)NC(CO)Cc1ccncc1. The molecule has 1 aromatic carbocycles. The first-order valence-electron chi connectivity index (χ1n) is 7.98. The van der Waals surface area contributed by atoms with Gasteiger partial charge < -0.3 is 15.2 Å². The molecule has 0 spiro atoms. The number of amides is 2. The highest BCUT2D eigenvalue weighted by molar-refractivity contribution is 6.02. The third kappa shape index (κ3) is 4.13. The molecule has 1 aliphatic heterocycles. The molecule has 0 bridgehead atoms. The van der Waals surface area contributed by atoms with E-state index >= 15 is 0 Å². The van der Waals surface area contributed by atoms with Gasteiger partial charge in [0.1, 0.15) is 12.3 Å². The second-order valence-electron chi connectivity index (χ2n) is 5.74. The topological polar surface area (TPSA) is 91.8 Å². The number of carbonyl (C=O) groups is 2. The fourth-order valence-electron chi connectivity index (χ4n) is 2.71. The van der Waals surface area contributed by atoms with Crippen LogP contribution in [0.25, 0.3) is 0 Å². The third-order valence-corrected chi connectivity index (χ3v) is 3.93. The maximum atomic E-state index is 12.4. The lowest BCUT2D eigenvalue weighted by Crippen LogP contribution is -2.48. The standard InChI is InChI=1S/C18H19N3O4/c22-11-14(9-13-5-7-19-8-6-13)20-17(23)10-21-15-3-1-2-4-16(15)25-12-18(21)24/h1-8,14,22H,9-12H2,(H,20,23). The normalized spacial score (nSPS) is 14.4. The molecule has 25 heavy (non-hydrogen) atoms. The molecule has 1 aliphatic rings. The maximum absolute atomic E-state index is 12.4. The minimum atomic E-state index is -0.429. The van der Waals surface area contributed by atoms with E-state index in [9.17, 15) is 14.7 Å². The molecule has 2 heterocycles. The van der Waals surface area contributed by atoms with Crippen LogP contribution in [0.3, 0.4) is 0 Å². The number of aliphatic hydroxyl groups is 1. The third-order valence-electron chi connectivity index (χ3n) is 3.93. The molecule has 2 amide bonds. The average molecular weight is 341 g/mol. The Balaban J connectivity index is 1.64. The number of hydrogen-bond acceptors (Lipinski definition) is 5. The van der Waals surface area contributed by atoms with Crippen LogP contribution in [0, 0.1) is 0 Å². The summed E-state index contributed by atoms with van der Waals surface area (Å²) in [6.07, 6.45) is 3.81. The van der Waals surface area contributed by atoms with Crippen molar-refractivity contribution in [3.8, 4) is 5.75 Å². The molecule has 0 fully saturated rings. The molecule has 1 unspecified atom stereocenters. The summed E-state index contributed by atoms with van der Waals surface area (Å²) in [5.41, 5.74) is 1.53. The Kier molecular flexibility index (Phi) is 5.25. The number of aromatic nitrogens is 1. The number of nitrogens with one attached hydrogen (secondary N) is 1. The van der Waals surface area contributed by atoms with Crippen molar-refractivity contribution in [2.24, 2.45) is 0 Å². The summed E-state index contributed by atoms with van der Waals surface area (Å²) in [6, 6.07) is 10.3. The predicted octanol–water partition coefficient (Wildman–Crippen LogP) is 0.527. The highest BCUT2D eigenvalue weighted by Crippen LogP contribution is 2.31. The maximum Gasteiger partial charge on any atom is 0.265 e. The minimum absolute atomic E-state index is 0.0925. The van der Waals surface area contributed by atoms with Crippen LogP contribution >= 0.6 is 0 Å². The van der Waals surface area contributed by atoms with Crippen LogP contribution in [0.4, 0.5) is 5.69 Å². The van der Waals surface area contributed by atoms with Gasteiger partial charge in [-0.2, -0.15) is 0 Å². The molecule has 7 heteroatoms. The first-order valence-corrected chi connectivity index (χ1v) is 7.98. The van der Waals surface area contributed by atoms with E-state index in [1.807, 2.05) is 18.2 Å². The van der Waals surface area contributed by atoms with Crippen molar-refractivity contribution in [3.05, 3.63) is 54.4 Å². The Morgan fingerprint density at radius 3 is 2.80 bits per heavy atom. The van der Waals surface area contributed by atoms with Crippen LogP contribution in [0.1, 0.15) is 5.56 Å². The second kappa shape index (κ2) is 7.76. The van der Waals surface area contributed by atoms with Gasteiger partial charge in [-0.25, -0.2) is 0 Å². The number of carbonyl (C=O) groups excluding carboxylic acids is 2. The van der Waals surface area contributed by atoms with Crippen molar-refractivity contribution < 1.29 is 19.4 Å². The molecule has 2 N–H and O–H groups in total. The van der Waals surface area contributed by atoms with Crippen LogP contribution < -0.4 is 15.0 Å². The summed E-state index contributed by atoms with van der Waals surface area (Å²) in [5.74, 6) is -0.0351. The number of ether oxygens (including phenoxy) is 1. The molecular weight excluding hydrogens is 322 g/mol. The van der Waals surface area contributed by atoms with E-state index in [0.717, 1.165) is 5.56 Å². The number of para-hydroxylation sites is 2. The number of pyridine rings is 1. The predicted molar refractivity (Wildman–Crippen MR) is 91.2 cm³/mol. The summed E-state index contributed by atoms with van der Waals surface area (Å²) in [4.78, 5) is 29.8. The van der Waals surface area contributed by atoms with Crippen LogP contribution in [-0.4, -0.2) is 47.7 Å². The molecule has 1 atom stereocenters. The summed E-state index contributed by atoms with van der Waals surface area (Å²) < 4.78 is 5.36. The monoisotopic (exact) mass is 341 g/mol. The molecule has 0 radical (unpaired) electrons. The molecule has 2 aromatic rings. The number of hydrogen-bond donors (Lipinski definition) is 2. The first kappa shape index (κ1) is 16.9. The quantitative estimate of drug-likeness (QED) is 0.800. The van der Waals surface area contributed by atoms with Gasteiger partial charge in [0, 0.05) is 12.4 Å². The van der Waals surface area contributed by atoms with Gasteiger partial charge in [-0.1, -0.05) is 12.1 Å². The number of rotatable bonds is 6. The summed E-state index contributed by atoms with van der Waals surface area (Å²) in [7, 11) is 0. The van der Waals surface area contributed by atoms with E-state index < -0.39 is 6.04 Å². The Morgan fingerprint density at radius 2 is 2.04 bits per heavy atom.